The molecule has 5 nitrogen and oxygen atoms in total. The lowest BCUT2D eigenvalue weighted by Gasteiger charge is -2.18. The maximum absolute atomic E-state index is 11.9. The summed E-state index contributed by atoms with van der Waals surface area (Å²) in [5.74, 6) is -0.232. The Labute approximate surface area is 115 Å². The number of aliphatic hydroxyl groups excluding tert-OH is 1. The van der Waals surface area contributed by atoms with Gasteiger partial charge in [-0.2, -0.15) is 0 Å². The summed E-state index contributed by atoms with van der Waals surface area (Å²) in [6.45, 7) is 0. The highest BCUT2D eigenvalue weighted by Gasteiger charge is 2.41. The van der Waals surface area contributed by atoms with Crippen molar-refractivity contribution in [2.24, 2.45) is 0 Å². The summed E-state index contributed by atoms with van der Waals surface area (Å²) in [6, 6.07) is 8.31. The molecule has 2 rings (SSSR count). The maximum Gasteiger partial charge on any atom is 0.321 e. The molecule has 1 aliphatic rings. The largest absolute Gasteiger partial charge is 0.468 e. The van der Waals surface area contributed by atoms with Crippen molar-refractivity contribution in [1.82, 2.24) is 5.32 Å². The summed E-state index contributed by atoms with van der Waals surface area (Å²) >= 11 is 1.29. The molecular weight excluding hydrogens is 266 g/mol. The number of amides is 1. The van der Waals surface area contributed by atoms with Crippen LogP contribution in [0.1, 0.15) is 10.4 Å². The maximum atomic E-state index is 11.9. The number of hydrogen-bond acceptors (Lipinski definition) is 5. The van der Waals surface area contributed by atoms with Crippen molar-refractivity contribution >= 4 is 23.6 Å². The third kappa shape index (κ3) is 3.08. The molecule has 0 unspecified atom stereocenters. The third-order valence-corrected chi connectivity index (χ3v) is 4.35. The molecule has 102 valence electrons. The minimum atomic E-state index is -0.926. The minimum absolute atomic E-state index is 0.254. The van der Waals surface area contributed by atoms with Crippen LogP contribution in [0.25, 0.3) is 0 Å². The normalized spacial score (nSPS) is 25.9. The predicted octanol–water partition coefficient (Wildman–Crippen LogP) is 0.434. The molecule has 1 saturated heterocycles. The average molecular weight is 281 g/mol. The molecule has 19 heavy (non-hydrogen) atoms. The van der Waals surface area contributed by atoms with Crippen molar-refractivity contribution in [3.63, 3.8) is 0 Å². The molecule has 1 aromatic rings. The monoisotopic (exact) mass is 281 g/mol. The highest BCUT2D eigenvalue weighted by atomic mass is 32.2. The first-order valence-electron chi connectivity index (χ1n) is 5.87. The van der Waals surface area contributed by atoms with Crippen molar-refractivity contribution in [3.8, 4) is 0 Å². The van der Waals surface area contributed by atoms with E-state index in [2.05, 4.69) is 10.1 Å². The Morgan fingerprint density at radius 2 is 2.05 bits per heavy atom. The van der Waals surface area contributed by atoms with E-state index >= 15 is 0 Å². The number of nitrogens with one attached hydrogen (secondary N) is 1. The Bertz CT molecular complexity index is 465. The van der Waals surface area contributed by atoms with Crippen LogP contribution >= 0.6 is 11.8 Å². The van der Waals surface area contributed by atoms with E-state index in [0.29, 0.717) is 11.3 Å². The Morgan fingerprint density at radius 3 is 2.68 bits per heavy atom. The van der Waals surface area contributed by atoms with E-state index in [9.17, 15) is 14.7 Å². The van der Waals surface area contributed by atoms with Crippen LogP contribution in [-0.4, -0.2) is 47.2 Å². The summed E-state index contributed by atoms with van der Waals surface area (Å²) in [4.78, 5) is 23.4. The number of rotatable bonds is 3. The van der Waals surface area contributed by atoms with E-state index in [1.807, 2.05) is 6.07 Å². The molecule has 0 radical (unpaired) electrons. The van der Waals surface area contributed by atoms with Crippen LogP contribution < -0.4 is 5.32 Å². The number of hydrogen-bond donors (Lipinski definition) is 2. The lowest BCUT2D eigenvalue weighted by Crippen LogP contribution is -2.46. The Morgan fingerprint density at radius 1 is 1.37 bits per heavy atom. The van der Waals surface area contributed by atoms with Crippen LogP contribution in [0.2, 0.25) is 0 Å². The third-order valence-electron chi connectivity index (χ3n) is 2.96. The van der Waals surface area contributed by atoms with Crippen LogP contribution in [0.15, 0.2) is 30.3 Å². The van der Waals surface area contributed by atoms with Crippen LogP contribution in [0.4, 0.5) is 0 Å². The van der Waals surface area contributed by atoms with Crippen molar-refractivity contribution < 1.29 is 19.4 Å². The van der Waals surface area contributed by atoms with Gasteiger partial charge in [-0.15, -0.1) is 11.8 Å². The summed E-state index contributed by atoms with van der Waals surface area (Å²) in [5.41, 5.74) is 0.529. The van der Waals surface area contributed by atoms with Gasteiger partial charge in [0.15, 0.2) is 0 Å². The second kappa shape index (κ2) is 6.08. The van der Waals surface area contributed by atoms with Crippen LogP contribution in [0.5, 0.6) is 0 Å². The first kappa shape index (κ1) is 13.9. The molecule has 1 aromatic carbocycles. The quantitative estimate of drug-likeness (QED) is 0.786. The Balaban J connectivity index is 1.98. The van der Waals surface area contributed by atoms with Gasteiger partial charge in [-0.05, 0) is 12.1 Å². The first-order chi connectivity index (χ1) is 9.13. The summed E-state index contributed by atoms with van der Waals surface area (Å²) in [7, 11) is 1.28. The molecule has 0 saturated carbocycles. The number of carbonyl (C=O) groups is 2. The lowest BCUT2D eigenvalue weighted by atomic mass is 10.1. The molecule has 0 aromatic heterocycles. The van der Waals surface area contributed by atoms with Gasteiger partial charge in [-0.25, -0.2) is 0 Å². The molecule has 0 spiro atoms. The van der Waals surface area contributed by atoms with E-state index in [1.165, 1.54) is 18.9 Å². The number of ether oxygens (including phenoxy) is 1. The average Bonchev–Trinajstić information content (AvgIpc) is 2.80. The van der Waals surface area contributed by atoms with E-state index in [-0.39, 0.29) is 5.91 Å². The molecule has 0 aliphatic carbocycles. The van der Waals surface area contributed by atoms with Crippen LogP contribution in [-0.2, 0) is 9.53 Å². The lowest BCUT2D eigenvalue weighted by molar-refractivity contribution is -0.142. The Kier molecular flexibility index (Phi) is 4.44. The van der Waals surface area contributed by atoms with Gasteiger partial charge < -0.3 is 15.2 Å². The van der Waals surface area contributed by atoms with Gasteiger partial charge in [0.1, 0.15) is 5.25 Å². The zero-order valence-electron chi connectivity index (χ0n) is 10.4. The van der Waals surface area contributed by atoms with E-state index in [4.69, 9.17) is 0 Å². The predicted molar refractivity (Wildman–Crippen MR) is 72.0 cm³/mol. The molecular formula is C13H15NO4S. The van der Waals surface area contributed by atoms with Gasteiger partial charge in [-0.1, -0.05) is 18.2 Å². The highest BCUT2D eigenvalue weighted by Crippen LogP contribution is 2.28. The summed E-state index contributed by atoms with van der Waals surface area (Å²) < 4.78 is 4.61. The number of aliphatic hydroxyl groups is 1. The number of carbonyl (C=O) groups excluding carboxylic acids is 2. The van der Waals surface area contributed by atoms with Crippen molar-refractivity contribution in [3.05, 3.63) is 35.9 Å². The molecule has 2 N–H and O–H groups in total. The van der Waals surface area contributed by atoms with Gasteiger partial charge in [-0.3, -0.25) is 9.59 Å². The smallest absolute Gasteiger partial charge is 0.321 e. The molecule has 0 bridgehead atoms. The number of methoxy groups -OCH3 is 1. The number of benzene rings is 1. The van der Waals surface area contributed by atoms with E-state index in [1.54, 1.807) is 24.3 Å². The molecule has 6 heteroatoms. The van der Waals surface area contributed by atoms with Crippen molar-refractivity contribution in [2.75, 3.05) is 12.9 Å². The van der Waals surface area contributed by atoms with E-state index in [0.717, 1.165) is 0 Å². The molecule has 1 heterocycles. The summed E-state index contributed by atoms with van der Waals surface area (Å²) in [5, 5.41) is 12.1. The second-order valence-corrected chi connectivity index (χ2v) is 5.39. The standard InChI is InChI=1S/C13H15NO4S/c1-18-13(17)11-10(15)9(7-19-11)14-12(16)8-5-3-2-4-6-8/h2-6,9-11,15H,7H2,1H3,(H,14,16)/t9-,10-,11-/m1/s1. The Hall–Kier alpha value is -1.53. The number of thioether (sulfide) groups is 1. The zero-order valence-corrected chi connectivity index (χ0v) is 11.2. The minimum Gasteiger partial charge on any atom is -0.468 e. The number of esters is 1. The van der Waals surface area contributed by atoms with Gasteiger partial charge in [0.2, 0.25) is 0 Å². The van der Waals surface area contributed by atoms with E-state index < -0.39 is 23.4 Å². The highest BCUT2D eigenvalue weighted by molar-refractivity contribution is 8.01. The fourth-order valence-corrected chi connectivity index (χ4v) is 3.22. The fourth-order valence-electron chi connectivity index (χ4n) is 1.91. The topological polar surface area (TPSA) is 75.6 Å². The first-order valence-corrected chi connectivity index (χ1v) is 6.91. The molecule has 3 atom stereocenters. The summed E-state index contributed by atoms with van der Waals surface area (Å²) in [6.07, 6.45) is -0.926. The van der Waals surface area contributed by atoms with Crippen LogP contribution in [0.3, 0.4) is 0 Å². The molecule has 1 amide bonds. The van der Waals surface area contributed by atoms with Gasteiger partial charge in [0.05, 0.1) is 19.3 Å². The molecule has 1 fully saturated rings. The SMILES string of the molecule is COC(=O)[C@@H]1SC[C@@H](NC(=O)c2ccccc2)[C@H]1O. The van der Waals surface area contributed by atoms with Crippen molar-refractivity contribution in [1.29, 1.82) is 0 Å². The van der Waals surface area contributed by atoms with Crippen molar-refractivity contribution in [2.45, 2.75) is 17.4 Å². The second-order valence-electron chi connectivity index (χ2n) is 4.21. The van der Waals surface area contributed by atoms with Crippen LogP contribution in [0, 0.1) is 0 Å². The molecule has 1 aliphatic heterocycles. The fraction of sp³-hybridized carbons (Fsp3) is 0.385. The zero-order chi connectivity index (χ0) is 13.8. The van der Waals surface area contributed by atoms with Gasteiger partial charge >= 0.3 is 5.97 Å². The van der Waals surface area contributed by atoms with Gasteiger partial charge in [0, 0.05) is 11.3 Å². The van der Waals surface area contributed by atoms with Gasteiger partial charge in [0.25, 0.3) is 5.91 Å².